The smallest absolute Gasteiger partial charge is 0.387 e. The van der Waals surface area contributed by atoms with E-state index in [0.717, 1.165) is 6.26 Å². The van der Waals surface area contributed by atoms with E-state index >= 15 is 0 Å². The van der Waals surface area contributed by atoms with Crippen LogP contribution in [0.4, 0.5) is 8.78 Å². The molecule has 1 aromatic carbocycles. The van der Waals surface area contributed by atoms with Crippen LogP contribution in [0.25, 0.3) is 0 Å². The van der Waals surface area contributed by atoms with Crippen molar-refractivity contribution in [2.45, 2.75) is 17.3 Å². The molecule has 0 unspecified atom stereocenters. The summed E-state index contributed by atoms with van der Waals surface area (Å²) in [7, 11) is -3.70. The van der Waals surface area contributed by atoms with Crippen LogP contribution in [0.3, 0.4) is 0 Å². The molecular weight excluding hydrogens is 414 g/mol. The van der Waals surface area contributed by atoms with Crippen molar-refractivity contribution in [3.05, 3.63) is 23.3 Å². The Balaban J connectivity index is 3.30. The first kappa shape index (κ1) is 16.6. The highest BCUT2D eigenvalue weighted by atomic mass is 79.9. The molecule has 0 aromatic heterocycles. The minimum atomic E-state index is -3.70. The van der Waals surface area contributed by atoms with E-state index in [9.17, 15) is 17.2 Å². The Hall–Kier alpha value is -0.410. The molecule has 0 aliphatic carbocycles. The molecule has 0 fully saturated rings. The molecule has 0 aliphatic heterocycles. The number of hydrogen-bond acceptors (Lipinski definition) is 4. The average Bonchev–Trinajstić information content (AvgIpc) is 2.27. The molecule has 0 bridgehead atoms. The summed E-state index contributed by atoms with van der Waals surface area (Å²) < 4.78 is 56.0. The maximum absolute atomic E-state index is 12.3. The third-order valence-electron chi connectivity index (χ3n) is 2.07. The third-order valence-corrected chi connectivity index (χ3v) is 3.67. The molecule has 0 spiro atoms. The Kier molecular flexibility index (Phi) is 6.00. The van der Waals surface area contributed by atoms with Gasteiger partial charge in [-0.15, -0.1) is 0 Å². The van der Waals surface area contributed by atoms with Crippen LogP contribution in [0.5, 0.6) is 11.5 Å². The molecule has 9 heteroatoms. The van der Waals surface area contributed by atoms with Crippen molar-refractivity contribution in [3.8, 4) is 11.5 Å². The zero-order valence-electron chi connectivity index (χ0n) is 9.70. The highest BCUT2D eigenvalue weighted by Crippen LogP contribution is 2.35. The highest BCUT2D eigenvalue weighted by Gasteiger charge is 2.18. The summed E-state index contributed by atoms with van der Waals surface area (Å²) in [4.78, 5) is 0. The summed E-state index contributed by atoms with van der Waals surface area (Å²) in [5, 5.41) is 0.455. The van der Waals surface area contributed by atoms with Gasteiger partial charge >= 0.3 is 16.7 Å². The second-order valence-electron chi connectivity index (χ2n) is 3.45. The van der Waals surface area contributed by atoms with Gasteiger partial charge in [0.15, 0.2) is 0 Å². The van der Waals surface area contributed by atoms with Gasteiger partial charge in [-0.25, -0.2) is 0 Å². The molecule has 19 heavy (non-hydrogen) atoms. The van der Waals surface area contributed by atoms with Crippen LogP contribution >= 0.6 is 31.9 Å². The normalized spacial score (nSPS) is 11.7. The number of ether oxygens (including phenoxy) is 1. The molecule has 0 atom stereocenters. The van der Waals surface area contributed by atoms with E-state index in [4.69, 9.17) is 4.18 Å². The molecule has 4 nitrogen and oxygen atoms in total. The quantitative estimate of drug-likeness (QED) is 0.519. The fourth-order valence-corrected chi connectivity index (χ4v) is 3.10. The van der Waals surface area contributed by atoms with E-state index in [1.807, 2.05) is 0 Å². The first-order chi connectivity index (χ1) is 8.78. The first-order valence-electron chi connectivity index (χ1n) is 4.89. The fraction of sp³-hybridized carbons (Fsp3) is 0.400. The predicted molar refractivity (Wildman–Crippen MR) is 73.8 cm³/mol. The van der Waals surface area contributed by atoms with Crippen LogP contribution in [0.1, 0.15) is 11.1 Å². The summed E-state index contributed by atoms with van der Waals surface area (Å²) >= 11 is 6.32. The minimum absolute atomic E-state index is 0.0258. The number of alkyl halides is 4. The number of rotatable bonds is 6. The Labute approximate surface area is 126 Å². The van der Waals surface area contributed by atoms with Crippen LogP contribution in [-0.2, 0) is 20.8 Å². The van der Waals surface area contributed by atoms with Gasteiger partial charge in [0.05, 0.1) is 6.26 Å². The molecule has 0 aliphatic rings. The maximum Gasteiger partial charge on any atom is 0.387 e. The Morgan fingerprint density at radius 2 is 1.63 bits per heavy atom. The van der Waals surface area contributed by atoms with E-state index in [-0.39, 0.29) is 22.2 Å². The zero-order chi connectivity index (χ0) is 14.6. The lowest BCUT2D eigenvalue weighted by Gasteiger charge is -2.15. The minimum Gasteiger partial charge on any atom is -0.434 e. The monoisotopic (exact) mass is 422 g/mol. The van der Waals surface area contributed by atoms with Crippen molar-refractivity contribution in [3.63, 3.8) is 0 Å². The summed E-state index contributed by atoms with van der Waals surface area (Å²) in [5.74, 6) is 0.0533. The van der Waals surface area contributed by atoms with E-state index in [1.165, 1.54) is 12.1 Å². The van der Waals surface area contributed by atoms with Crippen LogP contribution in [0.15, 0.2) is 12.1 Å². The lowest BCUT2D eigenvalue weighted by molar-refractivity contribution is -0.0503. The average molecular weight is 424 g/mol. The van der Waals surface area contributed by atoms with E-state index in [0.29, 0.717) is 11.1 Å². The topological polar surface area (TPSA) is 52.6 Å². The molecular formula is C10H10Br2F2O4S. The lowest BCUT2D eigenvalue weighted by Crippen LogP contribution is -2.10. The summed E-state index contributed by atoms with van der Waals surface area (Å²) in [6.45, 7) is -2.96. The van der Waals surface area contributed by atoms with Gasteiger partial charge in [-0.3, -0.25) is 0 Å². The number of benzene rings is 1. The third kappa shape index (κ3) is 4.88. The Morgan fingerprint density at radius 3 is 2.05 bits per heavy atom. The summed E-state index contributed by atoms with van der Waals surface area (Å²) in [6.07, 6.45) is 0.905. The molecule has 108 valence electrons. The van der Waals surface area contributed by atoms with Crippen molar-refractivity contribution in [2.75, 3.05) is 6.26 Å². The van der Waals surface area contributed by atoms with Gasteiger partial charge in [0, 0.05) is 21.8 Å². The van der Waals surface area contributed by atoms with Crippen LogP contribution in [0.2, 0.25) is 0 Å². The van der Waals surface area contributed by atoms with Gasteiger partial charge in [-0.05, 0) is 12.1 Å². The molecule has 0 saturated heterocycles. The van der Waals surface area contributed by atoms with Crippen molar-refractivity contribution >= 4 is 42.0 Å². The number of hydrogen-bond donors (Lipinski definition) is 0. The van der Waals surface area contributed by atoms with Crippen LogP contribution in [0, 0.1) is 0 Å². The van der Waals surface area contributed by atoms with Crippen molar-refractivity contribution in [1.29, 1.82) is 0 Å². The maximum atomic E-state index is 12.3. The molecule has 1 aromatic rings. The SMILES string of the molecule is CS(=O)(=O)Oc1ccc(OC(F)F)c(CBr)c1CBr. The largest absolute Gasteiger partial charge is 0.434 e. The van der Waals surface area contributed by atoms with Crippen molar-refractivity contribution in [1.82, 2.24) is 0 Å². The Morgan fingerprint density at radius 1 is 1.16 bits per heavy atom. The van der Waals surface area contributed by atoms with Crippen molar-refractivity contribution in [2.24, 2.45) is 0 Å². The molecule has 0 radical (unpaired) electrons. The second-order valence-corrected chi connectivity index (χ2v) is 6.15. The van der Waals surface area contributed by atoms with Crippen molar-refractivity contribution < 1.29 is 26.1 Å². The number of halogens is 4. The Bertz CT molecular complexity index is 549. The van der Waals surface area contributed by atoms with Gasteiger partial charge in [0.2, 0.25) is 0 Å². The first-order valence-corrected chi connectivity index (χ1v) is 8.95. The molecule has 0 N–H and O–H groups in total. The summed E-state index contributed by atoms with van der Waals surface area (Å²) in [6, 6.07) is 2.52. The molecule has 1 rings (SSSR count). The molecule has 0 saturated carbocycles. The van der Waals surface area contributed by atoms with Gasteiger partial charge in [-0.1, -0.05) is 31.9 Å². The summed E-state index contributed by atoms with van der Waals surface area (Å²) in [5.41, 5.74) is 0.832. The standard InChI is InChI=1S/C10H10Br2F2O4S/c1-19(15,16)18-9-3-2-8(17-10(13)14)6(4-11)7(9)5-12/h2-3,10H,4-5H2,1H3. The molecule has 0 amide bonds. The van der Waals surface area contributed by atoms with Crippen LogP contribution in [-0.4, -0.2) is 21.3 Å². The predicted octanol–water partition coefficient (Wildman–Crippen LogP) is 3.42. The van der Waals surface area contributed by atoms with Gasteiger partial charge < -0.3 is 8.92 Å². The zero-order valence-corrected chi connectivity index (χ0v) is 13.7. The van der Waals surface area contributed by atoms with E-state index in [1.54, 1.807) is 0 Å². The van der Waals surface area contributed by atoms with E-state index < -0.39 is 16.7 Å². The fourth-order valence-electron chi connectivity index (χ4n) is 1.39. The van der Waals surface area contributed by atoms with Crippen LogP contribution < -0.4 is 8.92 Å². The van der Waals surface area contributed by atoms with E-state index in [2.05, 4.69) is 36.6 Å². The lowest BCUT2D eigenvalue weighted by atomic mass is 10.1. The van der Waals surface area contributed by atoms with Gasteiger partial charge in [0.1, 0.15) is 11.5 Å². The highest BCUT2D eigenvalue weighted by molar-refractivity contribution is 9.09. The second kappa shape index (κ2) is 6.85. The van der Waals surface area contributed by atoms with Gasteiger partial charge in [-0.2, -0.15) is 17.2 Å². The molecule has 0 heterocycles. The van der Waals surface area contributed by atoms with Gasteiger partial charge in [0.25, 0.3) is 0 Å².